The lowest BCUT2D eigenvalue weighted by Gasteiger charge is -2.41. The van der Waals surface area contributed by atoms with E-state index in [2.05, 4.69) is 13.8 Å². The van der Waals surface area contributed by atoms with Gasteiger partial charge in [0.15, 0.2) is 0 Å². The van der Waals surface area contributed by atoms with E-state index in [4.69, 9.17) is 9.73 Å². The van der Waals surface area contributed by atoms with Gasteiger partial charge in [-0.25, -0.2) is 4.79 Å². The number of nitrogens with zero attached hydrogens (tertiary/aromatic N) is 1. The van der Waals surface area contributed by atoms with Crippen LogP contribution >= 0.6 is 0 Å². The van der Waals surface area contributed by atoms with Crippen molar-refractivity contribution in [1.29, 1.82) is 0 Å². The summed E-state index contributed by atoms with van der Waals surface area (Å²) in [6.45, 7) is 11.8. The Morgan fingerprint density at radius 3 is 2.44 bits per heavy atom. The first-order valence-corrected chi connectivity index (χ1v) is 9.68. The molecule has 0 saturated heterocycles. The van der Waals surface area contributed by atoms with Crippen LogP contribution < -0.4 is 0 Å². The zero-order chi connectivity index (χ0) is 19.9. The van der Waals surface area contributed by atoms with E-state index in [0.717, 1.165) is 23.3 Å². The van der Waals surface area contributed by atoms with Crippen LogP contribution in [0.3, 0.4) is 0 Å². The van der Waals surface area contributed by atoms with Crippen molar-refractivity contribution in [2.24, 2.45) is 16.3 Å². The van der Waals surface area contributed by atoms with Crippen LogP contribution in [-0.2, 0) is 14.3 Å². The summed E-state index contributed by atoms with van der Waals surface area (Å²) >= 11 is 0. The van der Waals surface area contributed by atoms with Gasteiger partial charge >= 0.3 is 5.97 Å². The number of esters is 1. The van der Waals surface area contributed by atoms with Gasteiger partial charge in [0, 0.05) is 23.7 Å². The molecule has 27 heavy (non-hydrogen) atoms. The Labute approximate surface area is 161 Å². The van der Waals surface area contributed by atoms with Crippen LogP contribution in [0.2, 0.25) is 0 Å². The molecular formula is C23H29NO3. The maximum absolute atomic E-state index is 13.2. The van der Waals surface area contributed by atoms with Gasteiger partial charge in [0.05, 0.1) is 17.6 Å². The van der Waals surface area contributed by atoms with Gasteiger partial charge in [0.25, 0.3) is 0 Å². The van der Waals surface area contributed by atoms with Gasteiger partial charge in [0.2, 0.25) is 0 Å². The maximum atomic E-state index is 13.2. The number of Topliss-reactive ketones (excluding diaryl/α,β-unsaturated/α-hetero) is 1. The van der Waals surface area contributed by atoms with Crippen LogP contribution in [-0.4, -0.2) is 23.6 Å². The molecule has 1 aromatic rings. The molecule has 144 valence electrons. The van der Waals surface area contributed by atoms with E-state index >= 15 is 0 Å². The van der Waals surface area contributed by atoms with Gasteiger partial charge in [0.1, 0.15) is 5.78 Å². The molecular weight excluding hydrogens is 338 g/mol. The summed E-state index contributed by atoms with van der Waals surface area (Å²) in [6.07, 6.45) is 1.06. The topological polar surface area (TPSA) is 55.7 Å². The summed E-state index contributed by atoms with van der Waals surface area (Å²) in [6, 6.07) is 7.99. The van der Waals surface area contributed by atoms with Crippen molar-refractivity contribution >= 4 is 17.5 Å². The van der Waals surface area contributed by atoms with Crippen molar-refractivity contribution in [3.05, 3.63) is 46.7 Å². The fourth-order valence-electron chi connectivity index (χ4n) is 4.41. The molecule has 1 saturated carbocycles. The lowest BCUT2D eigenvalue weighted by Crippen LogP contribution is -2.44. The number of hydrogen-bond donors (Lipinski definition) is 0. The Balaban J connectivity index is 2.19. The molecule has 0 bridgehead atoms. The summed E-state index contributed by atoms with van der Waals surface area (Å²) in [7, 11) is 0. The molecule has 1 unspecified atom stereocenters. The highest BCUT2D eigenvalue weighted by Crippen LogP contribution is 2.47. The third-order valence-electron chi connectivity index (χ3n) is 5.45. The van der Waals surface area contributed by atoms with Crippen molar-refractivity contribution in [1.82, 2.24) is 0 Å². The molecule has 1 aliphatic carbocycles. The number of carbonyl (C=O) groups excluding carboxylic acids is 2. The second-order valence-electron chi connectivity index (χ2n) is 8.85. The standard InChI is InChI=1S/C23H29NO3/c1-13(2)27-22(26)19-15(4)24-17-11-23(5,6)12-18(25)21(17)20(19)16-10-8-7-9-14(16)3/h7-10,13,20-21H,11-12H2,1-6H3/t20-,21?/m1/s1. The average Bonchev–Trinajstić information content (AvgIpc) is 2.51. The quantitative estimate of drug-likeness (QED) is 0.724. The van der Waals surface area contributed by atoms with Gasteiger partial charge in [-0.3, -0.25) is 9.79 Å². The van der Waals surface area contributed by atoms with Gasteiger partial charge in [-0.1, -0.05) is 38.1 Å². The Kier molecular flexibility index (Phi) is 5.11. The van der Waals surface area contributed by atoms with Gasteiger partial charge in [-0.2, -0.15) is 0 Å². The van der Waals surface area contributed by atoms with Crippen LogP contribution in [0.1, 0.15) is 64.5 Å². The normalized spacial score (nSPS) is 24.6. The van der Waals surface area contributed by atoms with E-state index in [1.807, 2.05) is 52.0 Å². The summed E-state index contributed by atoms with van der Waals surface area (Å²) < 4.78 is 5.53. The number of hydrogen-bond acceptors (Lipinski definition) is 4. The van der Waals surface area contributed by atoms with Crippen LogP contribution in [0, 0.1) is 18.3 Å². The molecule has 3 rings (SSSR count). The van der Waals surface area contributed by atoms with Crippen molar-refractivity contribution in [2.75, 3.05) is 0 Å². The zero-order valence-corrected chi connectivity index (χ0v) is 17.1. The highest BCUT2D eigenvalue weighted by Gasteiger charge is 2.48. The molecule has 0 N–H and O–H groups in total. The van der Waals surface area contributed by atoms with Crippen LogP contribution in [0.4, 0.5) is 0 Å². The monoisotopic (exact) mass is 367 g/mol. The Bertz CT molecular complexity index is 845. The molecule has 0 spiro atoms. The van der Waals surface area contributed by atoms with E-state index in [1.54, 1.807) is 0 Å². The first kappa shape index (κ1) is 19.5. The Morgan fingerprint density at radius 1 is 1.15 bits per heavy atom. The number of carbonyl (C=O) groups is 2. The fraction of sp³-hybridized carbons (Fsp3) is 0.522. The third-order valence-corrected chi connectivity index (χ3v) is 5.45. The third kappa shape index (κ3) is 3.76. The minimum Gasteiger partial charge on any atom is -0.460 e. The maximum Gasteiger partial charge on any atom is 0.336 e. The highest BCUT2D eigenvalue weighted by atomic mass is 16.5. The smallest absolute Gasteiger partial charge is 0.336 e. The summed E-state index contributed by atoms with van der Waals surface area (Å²) in [5.41, 5.74) is 4.09. The number of allylic oxidation sites excluding steroid dienone is 1. The van der Waals surface area contributed by atoms with Gasteiger partial charge in [-0.15, -0.1) is 0 Å². The number of ketones is 1. The first-order chi connectivity index (χ1) is 12.6. The molecule has 2 aliphatic rings. The SMILES string of the molecule is CC1=C(C(=O)OC(C)C)[C@@H](c2ccccc2C)C2C(=O)CC(C)(C)CC2=N1. The molecule has 1 heterocycles. The lowest BCUT2D eigenvalue weighted by molar-refractivity contribution is -0.143. The molecule has 0 amide bonds. The molecule has 0 radical (unpaired) electrons. The van der Waals surface area contributed by atoms with Crippen LogP contribution in [0.5, 0.6) is 0 Å². The van der Waals surface area contributed by atoms with Crippen molar-refractivity contribution in [3.8, 4) is 0 Å². The number of benzene rings is 1. The van der Waals surface area contributed by atoms with Gasteiger partial charge in [-0.05, 0) is 50.7 Å². The van der Waals surface area contributed by atoms with Crippen LogP contribution in [0.25, 0.3) is 0 Å². The predicted octanol–water partition coefficient (Wildman–Crippen LogP) is 4.76. The van der Waals surface area contributed by atoms with E-state index < -0.39 is 0 Å². The zero-order valence-electron chi connectivity index (χ0n) is 17.1. The largest absolute Gasteiger partial charge is 0.460 e. The molecule has 2 atom stereocenters. The van der Waals surface area contributed by atoms with Crippen molar-refractivity contribution < 1.29 is 14.3 Å². The number of ether oxygens (including phenoxy) is 1. The number of fused-ring (bicyclic) bond motifs is 1. The summed E-state index contributed by atoms with van der Waals surface area (Å²) in [5.74, 6) is -0.900. The van der Waals surface area contributed by atoms with E-state index in [9.17, 15) is 9.59 Å². The van der Waals surface area contributed by atoms with Crippen LogP contribution in [0.15, 0.2) is 40.5 Å². The Morgan fingerprint density at radius 2 is 1.81 bits per heavy atom. The molecule has 1 aliphatic heterocycles. The van der Waals surface area contributed by atoms with E-state index in [0.29, 0.717) is 17.7 Å². The molecule has 4 nitrogen and oxygen atoms in total. The second kappa shape index (κ2) is 7.06. The lowest BCUT2D eigenvalue weighted by atomic mass is 9.63. The minimum atomic E-state index is -0.377. The molecule has 4 heteroatoms. The molecule has 1 aromatic carbocycles. The number of aliphatic imine (C=N–C) groups is 1. The Hall–Kier alpha value is -2.23. The number of rotatable bonds is 3. The average molecular weight is 367 g/mol. The highest BCUT2D eigenvalue weighted by molar-refractivity contribution is 6.12. The molecule has 1 fully saturated rings. The minimum absolute atomic E-state index is 0.0983. The summed E-state index contributed by atoms with van der Waals surface area (Å²) in [5, 5.41) is 0. The predicted molar refractivity (Wildman–Crippen MR) is 107 cm³/mol. The first-order valence-electron chi connectivity index (χ1n) is 9.68. The van der Waals surface area contributed by atoms with E-state index in [1.165, 1.54) is 0 Å². The number of aryl methyl sites for hydroxylation is 1. The molecule has 0 aromatic heterocycles. The van der Waals surface area contributed by atoms with E-state index in [-0.39, 0.29) is 35.1 Å². The van der Waals surface area contributed by atoms with Crippen molar-refractivity contribution in [3.63, 3.8) is 0 Å². The van der Waals surface area contributed by atoms with Gasteiger partial charge < -0.3 is 4.74 Å². The van der Waals surface area contributed by atoms with Crippen molar-refractivity contribution in [2.45, 2.75) is 66.4 Å². The summed E-state index contributed by atoms with van der Waals surface area (Å²) in [4.78, 5) is 30.9. The second-order valence-corrected chi connectivity index (χ2v) is 8.85. The fourth-order valence-corrected chi connectivity index (χ4v) is 4.41.